The Kier molecular flexibility index (Phi) is 6.59. The highest BCUT2D eigenvalue weighted by Crippen LogP contribution is 2.27. The molecule has 0 aliphatic carbocycles. The zero-order valence-electron chi connectivity index (χ0n) is 17.2. The molecule has 0 aromatic heterocycles. The Labute approximate surface area is 172 Å². The van der Waals surface area contributed by atoms with Gasteiger partial charge in [-0.3, -0.25) is 4.79 Å². The molecular weight excluding hydrogens is 388 g/mol. The van der Waals surface area contributed by atoms with E-state index in [-0.39, 0.29) is 10.5 Å². The Bertz CT molecular complexity index is 994. The van der Waals surface area contributed by atoms with Gasteiger partial charge in [-0.1, -0.05) is 25.0 Å². The molecule has 0 bridgehead atoms. The molecule has 0 atom stereocenters. The average molecular weight is 417 g/mol. The molecule has 0 unspecified atom stereocenters. The lowest BCUT2D eigenvalue weighted by Crippen LogP contribution is -2.32. The number of nitrogens with one attached hydrogen (secondary N) is 1. The van der Waals surface area contributed by atoms with Crippen LogP contribution in [0.3, 0.4) is 0 Å². The zero-order chi connectivity index (χ0) is 21.0. The van der Waals surface area contributed by atoms with Gasteiger partial charge < -0.3 is 10.1 Å². The molecule has 1 amide bonds. The summed E-state index contributed by atoms with van der Waals surface area (Å²) in [4.78, 5) is 13.1. The molecule has 2 aromatic rings. The Morgan fingerprint density at radius 1 is 1.00 bits per heavy atom. The number of nitrogens with zero attached hydrogens (tertiary/aromatic N) is 1. The molecule has 29 heavy (non-hydrogen) atoms. The Morgan fingerprint density at radius 3 is 2.34 bits per heavy atom. The van der Waals surface area contributed by atoms with Crippen molar-refractivity contribution in [3.05, 3.63) is 53.1 Å². The van der Waals surface area contributed by atoms with Crippen LogP contribution in [0.15, 0.2) is 41.3 Å². The molecule has 0 spiro atoms. The number of aryl methyl sites for hydroxylation is 2. The van der Waals surface area contributed by atoms with Crippen molar-refractivity contribution in [3.8, 4) is 5.75 Å². The van der Waals surface area contributed by atoms with Crippen LogP contribution in [-0.2, 0) is 10.0 Å². The van der Waals surface area contributed by atoms with Gasteiger partial charge in [-0.05, 0) is 62.1 Å². The van der Waals surface area contributed by atoms with Crippen molar-refractivity contribution >= 4 is 21.6 Å². The quantitative estimate of drug-likeness (QED) is 0.795. The number of benzene rings is 2. The summed E-state index contributed by atoms with van der Waals surface area (Å²) in [7, 11) is -2.19. The standard InChI is InChI=1S/C22H28N2O4S/c1-16-8-9-17(2)20(14-16)23-22(25)19-15-18(10-11-21(19)28-3)29(26,27)24-12-6-4-5-7-13-24/h8-11,14-15H,4-7,12-13H2,1-3H3,(H,23,25). The number of rotatable bonds is 5. The van der Waals surface area contributed by atoms with Crippen molar-refractivity contribution < 1.29 is 17.9 Å². The van der Waals surface area contributed by atoms with Crippen LogP contribution in [0.1, 0.15) is 47.2 Å². The third-order valence-electron chi connectivity index (χ3n) is 5.26. The van der Waals surface area contributed by atoms with Gasteiger partial charge >= 0.3 is 0 Å². The zero-order valence-corrected chi connectivity index (χ0v) is 18.0. The van der Waals surface area contributed by atoms with Gasteiger partial charge in [0.15, 0.2) is 0 Å². The van der Waals surface area contributed by atoms with Gasteiger partial charge in [0.1, 0.15) is 5.75 Å². The predicted molar refractivity (Wildman–Crippen MR) is 114 cm³/mol. The fraction of sp³-hybridized carbons (Fsp3) is 0.409. The van der Waals surface area contributed by atoms with Gasteiger partial charge in [0.25, 0.3) is 5.91 Å². The summed E-state index contributed by atoms with van der Waals surface area (Å²) in [6.07, 6.45) is 3.79. The SMILES string of the molecule is COc1ccc(S(=O)(=O)N2CCCCCC2)cc1C(=O)Nc1cc(C)ccc1C. The van der Waals surface area contributed by atoms with Crippen LogP contribution in [0.5, 0.6) is 5.75 Å². The number of carbonyl (C=O) groups is 1. The molecule has 1 saturated heterocycles. The van der Waals surface area contributed by atoms with Crippen LogP contribution in [0.2, 0.25) is 0 Å². The third kappa shape index (κ3) is 4.79. The number of methoxy groups -OCH3 is 1. The fourth-order valence-corrected chi connectivity index (χ4v) is 5.06. The van der Waals surface area contributed by atoms with Crippen LogP contribution in [0, 0.1) is 13.8 Å². The van der Waals surface area contributed by atoms with E-state index in [9.17, 15) is 13.2 Å². The normalized spacial score (nSPS) is 15.6. The lowest BCUT2D eigenvalue weighted by molar-refractivity contribution is 0.102. The Hall–Kier alpha value is -2.38. The van der Waals surface area contributed by atoms with E-state index in [4.69, 9.17) is 4.74 Å². The maximum atomic E-state index is 13.1. The van der Waals surface area contributed by atoms with E-state index in [1.807, 2.05) is 32.0 Å². The highest BCUT2D eigenvalue weighted by Gasteiger charge is 2.27. The second kappa shape index (κ2) is 8.97. The molecule has 2 aromatic carbocycles. The molecule has 0 saturated carbocycles. The van der Waals surface area contributed by atoms with Crippen molar-refractivity contribution in [2.75, 3.05) is 25.5 Å². The maximum absolute atomic E-state index is 13.1. The molecule has 3 rings (SSSR count). The lowest BCUT2D eigenvalue weighted by atomic mass is 10.1. The van der Waals surface area contributed by atoms with E-state index < -0.39 is 15.9 Å². The van der Waals surface area contributed by atoms with Crippen LogP contribution < -0.4 is 10.1 Å². The van der Waals surface area contributed by atoms with Gasteiger partial charge in [0, 0.05) is 18.8 Å². The fourth-order valence-electron chi connectivity index (χ4n) is 3.52. The van der Waals surface area contributed by atoms with Gasteiger partial charge in [0.2, 0.25) is 10.0 Å². The minimum Gasteiger partial charge on any atom is -0.496 e. The van der Waals surface area contributed by atoms with Gasteiger partial charge in [-0.2, -0.15) is 4.31 Å². The first-order valence-corrected chi connectivity index (χ1v) is 11.3. The van der Waals surface area contributed by atoms with Crippen LogP contribution in [0.4, 0.5) is 5.69 Å². The van der Waals surface area contributed by atoms with E-state index in [1.54, 1.807) is 6.07 Å². The smallest absolute Gasteiger partial charge is 0.259 e. The summed E-state index contributed by atoms with van der Waals surface area (Å²) in [6.45, 7) is 4.88. The summed E-state index contributed by atoms with van der Waals surface area (Å²) in [5, 5.41) is 2.88. The summed E-state index contributed by atoms with van der Waals surface area (Å²) < 4.78 is 33.1. The topological polar surface area (TPSA) is 75.7 Å². The molecule has 1 aliphatic rings. The van der Waals surface area contributed by atoms with Crippen molar-refractivity contribution in [2.24, 2.45) is 0 Å². The van der Waals surface area contributed by atoms with E-state index in [1.165, 1.54) is 23.5 Å². The number of hydrogen-bond acceptors (Lipinski definition) is 4. The van der Waals surface area contributed by atoms with E-state index in [0.29, 0.717) is 24.5 Å². The van der Waals surface area contributed by atoms with Crippen LogP contribution in [0.25, 0.3) is 0 Å². The summed E-state index contributed by atoms with van der Waals surface area (Å²) in [5.41, 5.74) is 2.84. The van der Waals surface area contributed by atoms with Crippen LogP contribution >= 0.6 is 0 Å². The highest BCUT2D eigenvalue weighted by atomic mass is 32.2. The van der Waals surface area contributed by atoms with Crippen molar-refractivity contribution in [1.29, 1.82) is 0 Å². The van der Waals surface area contributed by atoms with Crippen molar-refractivity contribution in [1.82, 2.24) is 4.31 Å². The molecule has 6 nitrogen and oxygen atoms in total. The predicted octanol–water partition coefficient (Wildman–Crippen LogP) is 4.13. The number of hydrogen-bond donors (Lipinski definition) is 1. The van der Waals surface area contributed by atoms with Crippen LogP contribution in [-0.4, -0.2) is 38.8 Å². The minimum absolute atomic E-state index is 0.117. The molecule has 7 heteroatoms. The molecule has 1 N–H and O–H groups in total. The van der Waals surface area contributed by atoms with Gasteiger partial charge in [0.05, 0.1) is 17.6 Å². The van der Waals surface area contributed by atoms with Crippen molar-refractivity contribution in [2.45, 2.75) is 44.4 Å². The number of sulfonamides is 1. The maximum Gasteiger partial charge on any atom is 0.259 e. The van der Waals surface area contributed by atoms with Crippen molar-refractivity contribution in [3.63, 3.8) is 0 Å². The third-order valence-corrected chi connectivity index (χ3v) is 7.15. The number of anilines is 1. The number of ether oxygens (including phenoxy) is 1. The Morgan fingerprint density at radius 2 is 1.69 bits per heavy atom. The second-order valence-corrected chi connectivity index (χ2v) is 9.39. The number of amides is 1. The summed E-state index contributed by atoms with van der Waals surface area (Å²) in [6, 6.07) is 10.3. The lowest BCUT2D eigenvalue weighted by Gasteiger charge is -2.21. The largest absolute Gasteiger partial charge is 0.496 e. The monoisotopic (exact) mass is 416 g/mol. The molecule has 1 fully saturated rings. The molecule has 1 heterocycles. The summed E-state index contributed by atoms with van der Waals surface area (Å²) >= 11 is 0. The molecular formula is C22H28N2O4S. The van der Waals surface area contributed by atoms with Gasteiger partial charge in [-0.25, -0.2) is 8.42 Å². The van der Waals surface area contributed by atoms with E-state index in [0.717, 1.165) is 36.8 Å². The minimum atomic E-state index is -3.66. The number of carbonyl (C=O) groups excluding carboxylic acids is 1. The molecule has 0 radical (unpaired) electrons. The molecule has 156 valence electrons. The molecule has 1 aliphatic heterocycles. The first-order valence-electron chi connectivity index (χ1n) is 9.90. The van der Waals surface area contributed by atoms with E-state index >= 15 is 0 Å². The first kappa shape index (κ1) is 21.3. The highest BCUT2D eigenvalue weighted by molar-refractivity contribution is 7.89. The Balaban J connectivity index is 1.94. The summed E-state index contributed by atoms with van der Waals surface area (Å²) in [5.74, 6) is -0.0638. The first-order chi connectivity index (χ1) is 13.8. The second-order valence-electron chi connectivity index (χ2n) is 7.45. The van der Waals surface area contributed by atoms with E-state index in [2.05, 4.69) is 5.32 Å². The average Bonchev–Trinajstić information content (AvgIpc) is 3.00. The van der Waals surface area contributed by atoms with Gasteiger partial charge in [-0.15, -0.1) is 0 Å².